The van der Waals surface area contributed by atoms with Crippen molar-refractivity contribution in [3.8, 4) is 0 Å². The fourth-order valence-corrected chi connectivity index (χ4v) is 4.91. The van der Waals surface area contributed by atoms with Crippen molar-refractivity contribution in [1.82, 2.24) is 10.2 Å². The smallest absolute Gasteiger partial charge is 0.352 e. The number of carbonyl (C=O) groups excluding carboxylic acids is 2. The van der Waals surface area contributed by atoms with Gasteiger partial charge in [-0.3, -0.25) is 18.7 Å². The van der Waals surface area contributed by atoms with Gasteiger partial charge >= 0.3 is 5.97 Å². The Balaban J connectivity index is 1.74. The van der Waals surface area contributed by atoms with Crippen LogP contribution in [0.4, 0.5) is 0 Å². The van der Waals surface area contributed by atoms with Crippen LogP contribution >= 0.6 is 0 Å². The van der Waals surface area contributed by atoms with E-state index in [2.05, 4.69) is 5.32 Å². The Bertz CT molecular complexity index is 770. The zero-order valence-corrected chi connectivity index (χ0v) is 14.4. The van der Waals surface area contributed by atoms with E-state index in [9.17, 15) is 23.7 Å². The monoisotopic (exact) mass is 365 g/mol. The summed E-state index contributed by atoms with van der Waals surface area (Å²) in [5, 5.41) is 11.0. The van der Waals surface area contributed by atoms with Crippen LogP contribution in [0, 0.1) is 0 Å². The molecule has 0 aromatic heterocycles. The van der Waals surface area contributed by atoms with E-state index >= 15 is 0 Å². The summed E-state index contributed by atoms with van der Waals surface area (Å²) in [7, 11) is -1.48. The molecule has 1 aliphatic carbocycles. The predicted molar refractivity (Wildman–Crippen MR) is 90.3 cm³/mol. The molecule has 1 fully saturated rings. The molecule has 2 unspecified atom stereocenters. The Morgan fingerprint density at radius 2 is 2.16 bits per heavy atom. The molecule has 4 atom stereocenters. The average molecular weight is 365 g/mol. The van der Waals surface area contributed by atoms with Gasteiger partial charge in [0.15, 0.2) is 0 Å². The normalized spacial score (nSPS) is 29.5. The molecule has 9 heteroatoms. The molecule has 2 heterocycles. The zero-order chi connectivity index (χ0) is 18.3. The number of carboxylic acids is 1. The van der Waals surface area contributed by atoms with E-state index in [1.54, 1.807) is 0 Å². The van der Waals surface area contributed by atoms with Gasteiger partial charge in [0, 0.05) is 5.75 Å². The van der Waals surface area contributed by atoms with Crippen molar-refractivity contribution >= 4 is 28.6 Å². The minimum Gasteiger partial charge on any atom is -0.477 e. The Labute approximate surface area is 146 Å². The number of nitrogens with zero attached hydrogens (tertiary/aromatic N) is 1. The maximum absolute atomic E-state index is 12.4. The van der Waals surface area contributed by atoms with Gasteiger partial charge in [0.1, 0.15) is 23.2 Å². The minimum atomic E-state index is -1.48. The second-order valence-corrected chi connectivity index (χ2v) is 7.75. The van der Waals surface area contributed by atoms with Crippen LogP contribution in [-0.2, 0) is 25.2 Å². The lowest BCUT2D eigenvalue weighted by Crippen LogP contribution is -2.74. The van der Waals surface area contributed by atoms with E-state index in [-0.39, 0.29) is 11.4 Å². The Morgan fingerprint density at radius 3 is 2.76 bits per heavy atom. The third-order valence-corrected chi connectivity index (χ3v) is 6.27. The summed E-state index contributed by atoms with van der Waals surface area (Å²) >= 11 is 0. The van der Waals surface area contributed by atoms with E-state index in [0.29, 0.717) is 18.4 Å². The van der Waals surface area contributed by atoms with E-state index in [0.717, 1.165) is 10.5 Å². The summed E-state index contributed by atoms with van der Waals surface area (Å²) in [6, 6.07) is -1.90. The van der Waals surface area contributed by atoms with Gasteiger partial charge in [0.2, 0.25) is 5.91 Å². The predicted octanol–water partition coefficient (Wildman–Crippen LogP) is -0.636. The third-order valence-electron chi connectivity index (χ3n) is 4.54. The number of allylic oxidation sites excluding steroid dienone is 3. The highest BCUT2D eigenvalue weighted by Gasteiger charge is 2.56. The topological polar surface area (TPSA) is 130 Å². The molecular weight excluding hydrogens is 346 g/mol. The molecule has 1 saturated heterocycles. The quantitative estimate of drug-likeness (QED) is 0.449. The molecule has 0 saturated carbocycles. The Kier molecular flexibility index (Phi) is 4.61. The summed E-state index contributed by atoms with van der Waals surface area (Å²) in [5.41, 5.74) is 6.94. The summed E-state index contributed by atoms with van der Waals surface area (Å²) in [6.45, 7) is 1.54. The van der Waals surface area contributed by atoms with Crippen molar-refractivity contribution in [2.75, 3.05) is 5.75 Å². The van der Waals surface area contributed by atoms with E-state index in [1.165, 1.54) is 6.92 Å². The number of nitrogens with two attached hydrogens (primary N) is 1. The maximum Gasteiger partial charge on any atom is 0.352 e. The first-order chi connectivity index (χ1) is 11.8. The number of rotatable bonds is 4. The minimum absolute atomic E-state index is 0.0600. The summed E-state index contributed by atoms with van der Waals surface area (Å²) < 4.78 is 12.3. The highest BCUT2D eigenvalue weighted by molar-refractivity contribution is 7.86. The molecule has 0 bridgehead atoms. The lowest BCUT2D eigenvalue weighted by atomic mass is 9.97. The van der Waals surface area contributed by atoms with Crippen molar-refractivity contribution in [2.24, 2.45) is 5.73 Å². The fourth-order valence-electron chi connectivity index (χ4n) is 3.25. The first-order valence-electron chi connectivity index (χ1n) is 7.86. The van der Waals surface area contributed by atoms with Crippen LogP contribution in [0.15, 0.2) is 35.1 Å². The van der Waals surface area contributed by atoms with E-state index < -0.39 is 46.0 Å². The molecule has 0 radical (unpaired) electrons. The molecule has 2 amide bonds. The molecule has 8 nitrogen and oxygen atoms in total. The van der Waals surface area contributed by atoms with Gasteiger partial charge in [0.05, 0.1) is 10.8 Å². The highest BCUT2D eigenvalue weighted by atomic mass is 32.2. The van der Waals surface area contributed by atoms with Crippen LogP contribution < -0.4 is 11.1 Å². The number of aliphatic carboxylic acids is 1. The number of carboxylic acid groups (broad SMARTS) is 1. The van der Waals surface area contributed by atoms with E-state index in [4.69, 9.17) is 5.73 Å². The standard InChI is InChI=1S/C16H19N3O5S/c1-8-7-25(24)15-11(14(21)19(15)12(8)16(22)23)18-13(20)10(17)9-5-3-2-4-6-9/h2-3,6,10-11,15H,4-5,7,17H2,1H3,(H,18,20)(H,22,23)/t10-,11-,15?,25?/m1/s1. The van der Waals surface area contributed by atoms with Crippen molar-refractivity contribution in [2.45, 2.75) is 37.2 Å². The molecular formula is C16H19N3O5S. The van der Waals surface area contributed by atoms with Crippen LogP contribution in [-0.4, -0.2) is 55.2 Å². The van der Waals surface area contributed by atoms with Gasteiger partial charge in [-0.25, -0.2) is 4.79 Å². The number of hydrogen-bond donors (Lipinski definition) is 3. The Hall–Kier alpha value is -2.26. The Morgan fingerprint density at radius 1 is 1.44 bits per heavy atom. The molecule has 2 aliphatic heterocycles. The number of amides is 2. The maximum atomic E-state index is 12.4. The van der Waals surface area contributed by atoms with Crippen LogP contribution in [0.2, 0.25) is 0 Å². The highest BCUT2D eigenvalue weighted by Crippen LogP contribution is 2.34. The number of fused-ring (bicyclic) bond motifs is 1. The van der Waals surface area contributed by atoms with Crippen molar-refractivity contribution < 1.29 is 23.7 Å². The molecule has 3 rings (SSSR count). The molecule has 4 N–H and O–H groups in total. The van der Waals surface area contributed by atoms with Crippen LogP contribution in [0.3, 0.4) is 0 Å². The van der Waals surface area contributed by atoms with Gasteiger partial charge in [-0.2, -0.15) is 0 Å². The lowest BCUT2D eigenvalue weighted by Gasteiger charge is -2.49. The molecule has 25 heavy (non-hydrogen) atoms. The second kappa shape index (κ2) is 6.57. The summed E-state index contributed by atoms with van der Waals surface area (Å²) in [4.78, 5) is 37.1. The molecule has 0 spiro atoms. The first-order valence-corrected chi connectivity index (χ1v) is 9.24. The average Bonchev–Trinajstić information content (AvgIpc) is 2.58. The second-order valence-electron chi connectivity index (χ2n) is 6.21. The number of hydrogen-bond acceptors (Lipinski definition) is 5. The lowest BCUT2D eigenvalue weighted by molar-refractivity contribution is -0.151. The molecule has 134 valence electrons. The van der Waals surface area contributed by atoms with Gasteiger partial charge in [-0.05, 0) is 30.9 Å². The fraction of sp³-hybridized carbons (Fsp3) is 0.438. The van der Waals surface area contributed by atoms with E-state index in [1.807, 2.05) is 18.2 Å². The third kappa shape index (κ3) is 2.93. The summed E-state index contributed by atoms with van der Waals surface area (Å²) in [6.07, 6.45) is 7.02. The zero-order valence-electron chi connectivity index (χ0n) is 13.6. The van der Waals surface area contributed by atoms with Crippen molar-refractivity contribution in [1.29, 1.82) is 0 Å². The molecule has 0 aromatic carbocycles. The van der Waals surface area contributed by atoms with Crippen molar-refractivity contribution in [3.63, 3.8) is 0 Å². The van der Waals surface area contributed by atoms with Gasteiger partial charge in [-0.1, -0.05) is 18.2 Å². The SMILES string of the molecule is CC1=C(C(=O)O)N2C(=O)[C@@H](NC(=O)[C@H](N)C3=CCC=CC3)C2S(=O)C1. The number of β-lactam (4-membered cyclic amide) rings is 1. The molecule has 0 aromatic rings. The number of nitrogens with one attached hydrogen (secondary N) is 1. The largest absolute Gasteiger partial charge is 0.477 e. The van der Waals surface area contributed by atoms with Crippen LogP contribution in [0.1, 0.15) is 19.8 Å². The van der Waals surface area contributed by atoms with Gasteiger partial charge < -0.3 is 16.2 Å². The van der Waals surface area contributed by atoms with Crippen molar-refractivity contribution in [3.05, 3.63) is 35.1 Å². The first kappa shape index (κ1) is 17.6. The number of carbonyl (C=O) groups is 3. The van der Waals surface area contributed by atoms with Crippen LogP contribution in [0.25, 0.3) is 0 Å². The van der Waals surface area contributed by atoms with Crippen LogP contribution in [0.5, 0.6) is 0 Å². The van der Waals surface area contributed by atoms with Gasteiger partial charge in [0.25, 0.3) is 5.91 Å². The summed E-state index contributed by atoms with van der Waals surface area (Å²) in [5.74, 6) is -2.29. The molecule has 3 aliphatic rings. The van der Waals surface area contributed by atoms with Gasteiger partial charge in [-0.15, -0.1) is 0 Å².